The zero-order valence-electron chi connectivity index (χ0n) is 11.2. The Labute approximate surface area is 117 Å². The van der Waals surface area contributed by atoms with Gasteiger partial charge in [-0.2, -0.15) is 4.31 Å². The average Bonchev–Trinajstić information content (AvgIpc) is 2.96. The van der Waals surface area contributed by atoms with Crippen LogP contribution in [0.25, 0.3) is 0 Å². The number of hydrogen-bond donors (Lipinski definition) is 2. The molecular weight excluding hydrogens is 288 g/mol. The number of aliphatic carboxylic acids is 1. The zero-order valence-corrected chi connectivity index (χ0v) is 12.0. The number of nitrogens with one attached hydrogen (secondary N) is 1. The maximum atomic E-state index is 12.2. The van der Waals surface area contributed by atoms with Crippen molar-refractivity contribution in [2.24, 2.45) is 0 Å². The van der Waals surface area contributed by atoms with Crippen LogP contribution in [0.5, 0.6) is 0 Å². The van der Waals surface area contributed by atoms with Gasteiger partial charge in [0.2, 0.25) is 15.9 Å². The number of carboxylic acid groups (broad SMARTS) is 1. The first-order valence-corrected chi connectivity index (χ1v) is 8.21. The first-order chi connectivity index (χ1) is 9.26. The van der Waals surface area contributed by atoms with Gasteiger partial charge in [-0.3, -0.25) is 4.79 Å². The molecule has 1 amide bonds. The highest BCUT2D eigenvalue weighted by Gasteiger charge is 2.46. The minimum atomic E-state index is -3.48. The molecule has 2 aliphatic rings. The Balaban J connectivity index is 2.13. The van der Waals surface area contributed by atoms with E-state index in [-0.39, 0.29) is 26.2 Å². The summed E-state index contributed by atoms with van der Waals surface area (Å²) in [5, 5.41) is 11.7. The summed E-state index contributed by atoms with van der Waals surface area (Å²) >= 11 is 0. The van der Waals surface area contributed by atoms with E-state index in [1.165, 1.54) is 0 Å². The van der Waals surface area contributed by atoms with E-state index >= 15 is 0 Å². The number of nitrogens with zero attached hydrogens (tertiary/aromatic N) is 1. The average molecular weight is 306 g/mol. The summed E-state index contributed by atoms with van der Waals surface area (Å²) in [6.45, 7) is 0.445. The Hall–Kier alpha value is -1.19. The molecule has 0 bridgehead atoms. The summed E-state index contributed by atoms with van der Waals surface area (Å²) in [6, 6.07) is -0.832. The van der Waals surface area contributed by atoms with Crippen LogP contribution in [0.4, 0.5) is 0 Å². The standard InChI is InChI=1S/C11H18N2O6S/c1-20(17,18)13-5-2-3-8(13)9(14)12-11(10(15)16)4-6-19-7-11/h8H,2-7H2,1H3,(H,12,14)(H,15,16). The third-order valence-corrected chi connectivity index (χ3v) is 5.01. The Kier molecular flexibility index (Phi) is 4.03. The number of carbonyl (C=O) groups is 2. The summed E-state index contributed by atoms with van der Waals surface area (Å²) in [5.41, 5.74) is -1.44. The molecule has 2 rings (SSSR count). The molecule has 8 nitrogen and oxygen atoms in total. The van der Waals surface area contributed by atoms with E-state index in [4.69, 9.17) is 4.74 Å². The van der Waals surface area contributed by atoms with Crippen LogP contribution >= 0.6 is 0 Å². The van der Waals surface area contributed by atoms with Gasteiger partial charge in [-0.05, 0) is 12.8 Å². The minimum absolute atomic E-state index is 0.0976. The quantitative estimate of drug-likeness (QED) is 0.672. The molecular formula is C11H18N2O6S. The fourth-order valence-corrected chi connectivity index (χ4v) is 3.73. The van der Waals surface area contributed by atoms with Gasteiger partial charge in [-0.25, -0.2) is 13.2 Å². The van der Waals surface area contributed by atoms with Gasteiger partial charge in [0, 0.05) is 19.6 Å². The molecule has 2 atom stereocenters. The van der Waals surface area contributed by atoms with Crippen molar-refractivity contribution in [2.45, 2.75) is 30.8 Å². The van der Waals surface area contributed by atoms with Gasteiger partial charge in [0.15, 0.2) is 5.54 Å². The number of carboxylic acids is 1. The highest BCUT2D eigenvalue weighted by Crippen LogP contribution is 2.24. The van der Waals surface area contributed by atoms with E-state index in [0.29, 0.717) is 12.8 Å². The number of amides is 1. The molecule has 2 fully saturated rings. The van der Waals surface area contributed by atoms with E-state index in [9.17, 15) is 23.1 Å². The summed E-state index contributed by atoms with van der Waals surface area (Å²) < 4.78 is 29.4. The minimum Gasteiger partial charge on any atom is -0.479 e. The van der Waals surface area contributed by atoms with E-state index in [2.05, 4.69) is 5.32 Å². The van der Waals surface area contributed by atoms with Crippen LogP contribution in [0.15, 0.2) is 0 Å². The molecule has 0 spiro atoms. The fraction of sp³-hybridized carbons (Fsp3) is 0.818. The second-order valence-corrected chi connectivity index (χ2v) is 7.15. The monoisotopic (exact) mass is 306 g/mol. The number of ether oxygens (including phenoxy) is 1. The Morgan fingerprint density at radius 2 is 2.15 bits per heavy atom. The van der Waals surface area contributed by atoms with Crippen molar-refractivity contribution in [2.75, 3.05) is 26.0 Å². The van der Waals surface area contributed by atoms with E-state index in [1.807, 2.05) is 0 Å². The van der Waals surface area contributed by atoms with Gasteiger partial charge in [0.05, 0.1) is 12.9 Å². The van der Waals surface area contributed by atoms with Crippen molar-refractivity contribution in [1.82, 2.24) is 9.62 Å². The van der Waals surface area contributed by atoms with E-state index in [0.717, 1.165) is 10.6 Å². The molecule has 20 heavy (non-hydrogen) atoms. The van der Waals surface area contributed by atoms with E-state index < -0.39 is 33.5 Å². The Morgan fingerprint density at radius 1 is 1.45 bits per heavy atom. The van der Waals surface area contributed by atoms with Crippen molar-refractivity contribution in [3.05, 3.63) is 0 Å². The molecule has 2 N–H and O–H groups in total. The summed E-state index contributed by atoms with van der Waals surface area (Å²) in [6.07, 6.45) is 2.21. The summed E-state index contributed by atoms with van der Waals surface area (Å²) in [7, 11) is -3.48. The largest absolute Gasteiger partial charge is 0.479 e. The SMILES string of the molecule is CS(=O)(=O)N1CCCC1C(=O)NC1(C(=O)O)CCOC1. The Bertz CT molecular complexity index is 511. The highest BCUT2D eigenvalue weighted by atomic mass is 32.2. The van der Waals surface area contributed by atoms with Crippen molar-refractivity contribution in [3.63, 3.8) is 0 Å². The third-order valence-electron chi connectivity index (χ3n) is 3.73. The Morgan fingerprint density at radius 3 is 2.65 bits per heavy atom. The van der Waals surface area contributed by atoms with Crippen LogP contribution in [0.3, 0.4) is 0 Å². The lowest BCUT2D eigenvalue weighted by Crippen LogP contribution is -2.59. The molecule has 2 unspecified atom stereocenters. The number of sulfonamides is 1. The molecule has 9 heteroatoms. The number of hydrogen-bond acceptors (Lipinski definition) is 5. The number of carbonyl (C=O) groups excluding carboxylic acids is 1. The molecule has 2 saturated heterocycles. The van der Waals surface area contributed by atoms with Gasteiger partial charge >= 0.3 is 5.97 Å². The van der Waals surface area contributed by atoms with Crippen LogP contribution in [-0.2, 0) is 24.3 Å². The normalized spacial score (nSPS) is 31.4. The molecule has 2 aliphatic heterocycles. The van der Waals surface area contributed by atoms with Crippen LogP contribution in [0.1, 0.15) is 19.3 Å². The van der Waals surface area contributed by atoms with Crippen LogP contribution in [0, 0.1) is 0 Å². The van der Waals surface area contributed by atoms with Gasteiger partial charge in [0.1, 0.15) is 6.04 Å². The zero-order chi connectivity index (χ0) is 15.0. The lowest BCUT2D eigenvalue weighted by atomic mass is 9.98. The van der Waals surface area contributed by atoms with Crippen molar-refractivity contribution in [1.29, 1.82) is 0 Å². The summed E-state index contributed by atoms with van der Waals surface area (Å²) in [4.78, 5) is 23.6. The number of rotatable bonds is 4. The maximum absolute atomic E-state index is 12.2. The highest BCUT2D eigenvalue weighted by molar-refractivity contribution is 7.88. The van der Waals surface area contributed by atoms with Crippen LogP contribution in [0.2, 0.25) is 0 Å². The van der Waals surface area contributed by atoms with Crippen molar-refractivity contribution in [3.8, 4) is 0 Å². The van der Waals surface area contributed by atoms with Crippen LogP contribution in [-0.4, -0.2) is 67.3 Å². The van der Waals surface area contributed by atoms with Gasteiger partial charge in [0.25, 0.3) is 0 Å². The predicted molar refractivity (Wildman–Crippen MR) is 68.5 cm³/mol. The summed E-state index contributed by atoms with van der Waals surface area (Å²) in [5.74, 6) is -1.73. The topological polar surface area (TPSA) is 113 Å². The molecule has 0 aliphatic carbocycles. The second kappa shape index (κ2) is 5.30. The second-order valence-electron chi connectivity index (χ2n) is 5.21. The smallest absolute Gasteiger partial charge is 0.331 e. The van der Waals surface area contributed by atoms with Crippen molar-refractivity contribution < 1.29 is 27.9 Å². The molecule has 2 heterocycles. The first kappa shape index (κ1) is 15.2. The predicted octanol–water partition coefficient (Wildman–Crippen LogP) is -1.23. The van der Waals surface area contributed by atoms with E-state index in [1.54, 1.807) is 0 Å². The molecule has 114 valence electrons. The molecule has 0 radical (unpaired) electrons. The fourth-order valence-electron chi connectivity index (χ4n) is 2.60. The van der Waals surface area contributed by atoms with Gasteiger partial charge in [-0.1, -0.05) is 0 Å². The first-order valence-electron chi connectivity index (χ1n) is 6.36. The third kappa shape index (κ3) is 2.79. The maximum Gasteiger partial charge on any atom is 0.331 e. The molecule has 0 aromatic carbocycles. The molecule has 0 aromatic heterocycles. The lowest BCUT2D eigenvalue weighted by molar-refractivity contribution is -0.148. The molecule has 0 saturated carbocycles. The van der Waals surface area contributed by atoms with Gasteiger partial charge < -0.3 is 15.2 Å². The van der Waals surface area contributed by atoms with Crippen LogP contribution < -0.4 is 5.32 Å². The van der Waals surface area contributed by atoms with Gasteiger partial charge in [-0.15, -0.1) is 0 Å². The van der Waals surface area contributed by atoms with Crippen molar-refractivity contribution >= 4 is 21.9 Å². The molecule has 0 aromatic rings. The lowest BCUT2D eigenvalue weighted by Gasteiger charge is -2.28.